The largest absolute Gasteiger partial charge is 0.356 e. The third kappa shape index (κ3) is 7.85. The van der Waals surface area contributed by atoms with Crippen LogP contribution in [0.3, 0.4) is 0 Å². The topological polar surface area (TPSA) is 29.1 Å². The number of carbonyl (C=O) groups excluding carboxylic acids is 1. The van der Waals surface area contributed by atoms with Crippen LogP contribution in [-0.4, -0.2) is 17.8 Å². The molecule has 0 saturated heterocycles. The van der Waals surface area contributed by atoms with Gasteiger partial charge in [-0.05, 0) is 12.8 Å². The molecule has 0 bridgehead atoms. The molecule has 2 nitrogen and oxygen atoms in total. The number of carbonyl (C=O) groups is 1. The molecule has 0 heterocycles. The highest BCUT2D eigenvalue weighted by Gasteiger charge is 1.97. The first-order valence-corrected chi connectivity index (χ1v) is 5.05. The summed E-state index contributed by atoms with van der Waals surface area (Å²) >= 11 is 3.27. The van der Waals surface area contributed by atoms with Gasteiger partial charge in [-0.1, -0.05) is 29.3 Å². The number of hydrogen-bond acceptors (Lipinski definition) is 1. The first kappa shape index (κ1) is 11.0. The second-order valence-electron chi connectivity index (χ2n) is 2.35. The second-order valence-corrected chi connectivity index (χ2v) is 3.14. The van der Waals surface area contributed by atoms with Crippen molar-refractivity contribution < 1.29 is 4.79 Å². The highest BCUT2D eigenvalue weighted by molar-refractivity contribution is 9.09. The number of halogens is 1. The summed E-state index contributed by atoms with van der Waals surface area (Å²) in [6.07, 6.45) is 3.40. The highest BCUT2D eigenvalue weighted by Crippen LogP contribution is 1.93. The van der Waals surface area contributed by atoms with Gasteiger partial charge in [-0.2, -0.15) is 0 Å². The molecule has 3 heteroatoms. The zero-order valence-electron chi connectivity index (χ0n) is 6.74. The van der Waals surface area contributed by atoms with E-state index in [1.54, 1.807) is 0 Å². The molecule has 0 saturated carbocycles. The summed E-state index contributed by atoms with van der Waals surface area (Å²) in [4.78, 5) is 10.9. The van der Waals surface area contributed by atoms with Gasteiger partial charge in [-0.15, -0.1) is 0 Å². The molecule has 0 unspecified atom stereocenters. The van der Waals surface area contributed by atoms with E-state index in [1.807, 2.05) is 0 Å². The van der Waals surface area contributed by atoms with Crippen molar-refractivity contribution in [1.29, 1.82) is 0 Å². The minimum atomic E-state index is 0.151. The molecule has 1 N–H and O–H groups in total. The standard InChI is InChI=1S/C8H15BrNO/c1-2-3-7-10-8(11)5-4-6-9/h1-7H2,(H,10,11). The van der Waals surface area contributed by atoms with Crippen molar-refractivity contribution in [2.45, 2.75) is 25.7 Å². The Morgan fingerprint density at radius 2 is 2.18 bits per heavy atom. The van der Waals surface area contributed by atoms with Gasteiger partial charge < -0.3 is 5.32 Å². The molecule has 0 aliphatic carbocycles. The average Bonchev–Trinajstić information content (AvgIpc) is 2.01. The lowest BCUT2D eigenvalue weighted by Gasteiger charge is -2.01. The SMILES string of the molecule is [CH2]CCCNC(=O)CCCBr. The van der Waals surface area contributed by atoms with E-state index < -0.39 is 0 Å². The van der Waals surface area contributed by atoms with Crippen molar-refractivity contribution in [2.24, 2.45) is 0 Å². The summed E-state index contributed by atoms with van der Waals surface area (Å²) in [6, 6.07) is 0. The maximum Gasteiger partial charge on any atom is 0.220 e. The van der Waals surface area contributed by atoms with Crippen molar-refractivity contribution in [3.8, 4) is 0 Å². The monoisotopic (exact) mass is 220 g/mol. The van der Waals surface area contributed by atoms with Crippen LogP contribution in [0.15, 0.2) is 0 Å². The molecule has 0 aromatic carbocycles. The number of amides is 1. The van der Waals surface area contributed by atoms with Crippen LogP contribution in [0, 0.1) is 6.92 Å². The third-order valence-electron chi connectivity index (χ3n) is 1.29. The Balaban J connectivity index is 3.09. The van der Waals surface area contributed by atoms with Crippen LogP contribution in [0.4, 0.5) is 0 Å². The second kappa shape index (κ2) is 8.05. The van der Waals surface area contributed by atoms with Crippen LogP contribution >= 0.6 is 15.9 Å². The van der Waals surface area contributed by atoms with Crippen molar-refractivity contribution in [2.75, 3.05) is 11.9 Å². The molecule has 11 heavy (non-hydrogen) atoms. The lowest BCUT2D eigenvalue weighted by atomic mass is 10.3. The zero-order chi connectivity index (χ0) is 8.53. The fraction of sp³-hybridized carbons (Fsp3) is 0.750. The Kier molecular flexibility index (Phi) is 8.01. The predicted molar refractivity (Wildman–Crippen MR) is 50.6 cm³/mol. The number of nitrogens with one attached hydrogen (secondary N) is 1. The van der Waals surface area contributed by atoms with E-state index in [-0.39, 0.29) is 5.91 Å². The number of alkyl halides is 1. The molecule has 0 fully saturated rings. The van der Waals surface area contributed by atoms with Crippen molar-refractivity contribution in [3.05, 3.63) is 6.92 Å². The molecule has 0 aromatic heterocycles. The van der Waals surface area contributed by atoms with Crippen LogP contribution in [0.25, 0.3) is 0 Å². The van der Waals surface area contributed by atoms with Crippen molar-refractivity contribution in [3.63, 3.8) is 0 Å². The zero-order valence-corrected chi connectivity index (χ0v) is 8.32. The summed E-state index contributed by atoms with van der Waals surface area (Å²) in [5.41, 5.74) is 0. The third-order valence-corrected chi connectivity index (χ3v) is 1.85. The quantitative estimate of drug-likeness (QED) is 0.538. The van der Waals surface area contributed by atoms with Crippen LogP contribution in [0.2, 0.25) is 0 Å². The predicted octanol–water partition coefficient (Wildman–Crippen LogP) is 1.89. The normalized spacial score (nSPS) is 9.64. The van der Waals surface area contributed by atoms with E-state index in [9.17, 15) is 4.79 Å². The van der Waals surface area contributed by atoms with Crippen LogP contribution in [-0.2, 0) is 4.79 Å². The van der Waals surface area contributed by atoms with E-state index in [2.05, 4.69) is 28.2 Å². The number of hydrogen-bond donors (Lipinski definition) is 1. The summed E-state index contributed by atoms with van der Waals surface area (Å²) in [5, 5.41) is 3.72. The summed E-state index contributed by atoms with van der Waals surface area (Å²) in [7, 11) is 0. The molecule has 1 radical (unpaired) electrons. The Hall–Kier alpha value is -0.0500. The van der Waals surface area contributed by atoms with Gasteiger partial charge in [0.05, 0.1) is 0 Å². The van der Waals surface area contributed by atoms with Gasteiger partial charge in [-0.3, -0.25) is 4.79 Å². The lowest BCUT2D eigenvalue weighted by molar-refractivity contribution is -0.121. The Morgan fingerprint density at radius 1 is 1.45 bits per heavy atom. The first-order valence-electron chi connectivity index (χ1n) is 3.93. The summed E-state index contributed by atoms with van der Waals surface area (Å²) in [5.74, 6) is 0.151. The van der Waals surface area contributed by atoms with E-state index in [1.165, 1.54) is 0 Å². The van der Waals surface area contributed by atoms with Gasteiger partial charge in [0.1, 0.15) is 0 Å². The fourth-order valence-corrected chi connectivity index (χ4v) is 0.949. The van der Waals surface area contributed by atoms with E-state index in [0.717, 1.165) is 31.1 Å². The first-order chi connectivity index (χ1) is 5.31. The van der Waals surface area contributed by atoms with Gasteiger partial charge in [0.2, 0.25) is 5.91 Å². The molecule has 0 aliphatic rings. The van der Waals surface area contributed by atoms with Crippen molar-refractivity contribution in [1.82, 2.24) is 5.32 Å². The minimum Gasteiger partial charge on any atom is -0.356 e. The molecule has 0 aliphatic heterocycles. The van der Waals surface area contributed by atoms with E-state index in [4.69, 9.17) is 0 Å². The van der Waals surface area contributed by atoms with Gasteiger partial charge in [0.25, 0.3) is 0 Å². The Labute approximate surface area is 76.9 Å². The van der Waals surface area contributed by atoms with Crippen molar-refractivity contribution >= 4 is 21.8 Å². The number of unbranched alkanes of at least 4 members (excludes halogenated alkanes) is 1. The fourth-order valence-electron chi connectivity index (χ4n) is 0.669. The van der Waals surface area contributed by atoms with E-state index in [0.29, 0.717) is 6.42 Å². The minimum absolute atomic E-state index is 0.151. The van der Waals surface area contributed by atoms with Crippen LogP contribution < -0.4 is 5.32 Å². The molecular weight excluding hydrogens is 206 g/mol. The van der Waals surface area contributed by atoms with Gasteiger partial charge in [-0.25, -0.2) is 0 Å². The van der Waals surface area contributed by atoms with Crippen LogP contribution in [0.1, 0.15) is 25.7 Å². The molecule has 0 spiro atoms. The molecule has 65 valence electrons. The maximum atomic E-state index is 10.9. The Morgan fingerprint density at radius 3 is 2.73 bits per heavy atom. The van der Waals surface area contributed by atoms with E-state index >= 15 is 0 Å². The maximum absolute atomic E-state index is 10.9. The average molecular weight is 221 g/mol. The Bertz CT molecular complexity index is 106. The molecule has 0 aromatic rings. The molecular formula is C8H15BrNO. The molecule has 0 atom stereocenters. The van der Waals surface area contributed by atoms with Crippen LogP contribution in [0.5, 0.6) is 0 Å². The summed E-state index contributed by atoms with van der Waals surface area (Å²) < 4.78 is 0. The lowest BCUT2D eigenvalue weighted by Crippen LogP contribution is -2.23. The highest BCUT2D eigenvalue weighted by atomic mass is 79.9. The number of rotatable bonds is 6. The smallest absolute Gasteiger partial charge is 0.220 e. The van der Waals surface area contributed by atoms with Gasteiger partial charge in [0.15, 0.2) is 0 Å². The summed E-state index contributed by atoms with van der Waals surface area (Å²) in [6.45, 7) is 4.45. The molecule has 0 rings (SSSR count). The van der Waals surface area contributed by atoms with Gasteiger partial charge in [0, 0.05) is 18.3 Å². The van der Waals surface area contributed by atoms with Gasteiger partial charge >= 0.3 is 0 Å². The molecule has 1 amide bonds.